The number of rotatable bonds is 5. The quantitative estimate of drug-likeness (QED) is 0.859. The molecule has 0 radical (unpaired) electrons. The van der Waals surface area contributed by atoms with Gasteiger partial charge in [-0.25, -0.2) is 4.79 Å². The summed E-state index contributed by atoms with van der Waals surface area (Å²) in [6.07, 6.45) is 3.24. The summed E-state index contributed by atoms with van der Waals surface area (Å²) in [4.78, 5) is 16.0. The van der Waals surface area contributed by atoms with Crippen LogP contribution in [0.2, 0.25) is 0 Å². The number of aromatic nitrogens is 3. The monoisotopic (exact) mass is 344 g/mol. The average molecular weight is 344 g/mol. The van der Waals surface area contributed by atoms with Crippen molar-refractivity contribution in [3.05, 3.63) is 36.7 Å². The summed E-state index contributed by atoms with van der Waals surface area (Å²) >= 11 is 0. The minimum absolute atomic E-state index is 0.114. The van der Waals surface area contributed by atoms with Gasteiger partial charge < -0.3 is 15.4 Å². The van der Waals surface area contributed by atoms with Crippen LogP contribution in [-0.2, 0) is 4.74 Å². The lowest BCUT2D eigenvalue weighted by molar-refractivity contribution is -0.00863. The van der Waals surface area contributed by atoms with Crippen molar-refractivity contribution in [1.82, 2.24) is 25.2 Å². The molecule has 1 fully saturated rings. The number of carbonyl (C=O) groups excluding carboxylic acids is 1. The smallest absolute Gasteiger partial charge is 0.319 e. The molecule has 8 heteroatoms. The zero-order chi connectivity index (χ0) is 17.7. The van der Waals surface area contributed by atoms with Crippen LogP contribution >= 0.6 is 0 Å². The van der Waals surface area contributed by atoms with Crippen molar-refractivity contribution in [2.75, 3.05) is 38.2 Å². The Balaban J connectivity index is 1.50. The van der Waals surface area contributed by atoms with Crippen molar-refractivity contribution in [3.8, 4) is 5.69 Å². The molecule has 8 nitrogen and oxygen atoms in total. The molecule has 1 aromatic heterocycles. The van der Waals surface area contributed by atoms with Gasteiger partial charge in [0.15, 0.2) is 0 Å². The van der Waals surface area contributed by atoms with Gasteiger partial charge >= 0.3 is 6.03 Å². The third-order valence-corrected chi connectivity index (χ3v) is 4.32. The van der Waals surface area contributed by atoms with E-state index in [1.165, 1.54) is 4.80 Å². The average Bonchev–Trinajstić information content (AvgIpc) is 3.16. The molecule has 25 heavy (non-hydrogen) atoms. The first kappa shape index (κ1) is 17.4. The zero-order valence-corrected chi connectivity index (χ0v) is 14.6. The fraction of sp³-hybridized carbons (Fsp3) is 0.471. The number of hydrogen-bond acceptors (Lipinski definition) is 5. The van der Waals surface area contributed by atoms with E-state index in [2.05, 4.69) is 39.6 Å². The maximum Gasteiger partial charge on any atom is 0.319 e. The second-order valence-electron chi connectivity index (χ2n) is 6.58. The van der Waals surface area contributed by atoms with Gasteiger partial charge in [-0.05, 0) is 38.1 Å². The zero-order valence-electron chi connectivity index (χ0n) is 14.6. The minimum atomic E-state index is -0.216. The molecule has 2 N–H and O–H groups in total. The van der Waals surface area contributed by atoms with Crippen molar-refractivity contribution in [3.63, 3.8) is 0 Å². The molecular weight excluding hydrogens is 320 g/mol. The molecule has 134 valence electrons. The van der Waals surface area contributed by atoms with Crippen molar-refractivity contribution < 1.29 is 9.53 Å². The largest absolute Gasteiger partial charge is 0.379 e. The van der Waals surface area contributed by atoms with E-state index in [1.54, 1.807) is 12.4 Å². The van der Waals surface area contributed by atoms with E-state index < -0.39 is 0 Å². The number of hydrogen-bond donors (Lipinski definition) is 2. The summed E-state index contributed by atoms with van der Waals surface area (Å²) in [6.45, 7) is 8.09. The fourth-order valence-corrected chi connectivity index (χ4v) is 2.78. The molecule has 1 saturated heterocycles. The van der Waals surface area contributed by atoms with E-state index in [0.29, 0.717) is 6.54 Å². The number of amides is 2. The van der Waals surface area contributed by atoms with Gasteiger partial charge in [-0.1, -0.05) is 0 Å². The molecule has 0 aliphatic carbocycles. The Morgan fingerprint density at radius 2 is 1.80 bits per heavy atom. The van der Waals surface area contributed by atoms with Gasteiger partial charge in [0, 0.05) is 30.9 Å². The lowest BCUT2D eigenvalue weighted by Crippen LogP contribution is -2.55. The topological polar surface area (TPSA) is 84.3 Å². The summed E-state index contributed by atoms with van der Waals surface area (Å²) in [5, 5.41) is 13.9. The predicted molar refractivity (Wildman–Crippen MR) is 94.9 cm³/mol. The van der Waals surface area contributed by atoms with E-state index in [4.69, 9.17) is 4.74 Å². The number of nitrogens with zero attached hydrogens (tertiary/aromatic N) is 4. The molecule has 3 rings (SSSR count). The maximum absolute atomic E-state index is 12.2. The molecule has 1 aromatic carbocycles. The van der Waals surface area contributed by atoms with Crippen molar-refractivity contribution in [1.29, 1.82) is 0 Å². The van der Waals surface area contributed by atoms with Crippen LogP contribution in [-0.4, -0.2) is 64.3 Å². The Hall–Kier alpha value is -2.45. The summed E-state index contributed by atoms with van der Waals surface area (Å²) in [5.41, 5.74) is 1.44. The molecule has 1 aliphatic heterocycles. The molecular formula is C17H24N6O2. The highest BCUT2D eigenvalue weighted by Crippen LogP contribution is 2.15. The molecule has 2 amide bonds. The maximum atomic E-state index is 12.2. The highest BCUT2D eigenvalue weighted by molar-refractivity contribution is 5.89. The van der Waals surface area contributed by atoms with Gasteiger partial charge in [0.25, 0.3) is 0 Å². The lowest BCUT2D eigenvalue weighted by atomic mass is 10.0. The van der Waals surface area contributed by atoms with Crippen LogP contribution in [0.4, 0.5) is 10.5 Å². The van der Waals surface area contributed by atoms with Crippen molar-refractivity contribution in [2.24, 2.45) is 0 Å². The van der Waals surface area contributed by atoms with Gasteiger partial charge in [-0.15, -0.1) is 0 Å². The van der Waals surface area contributed by atoms with Crippen LogP contribution < -0.4 is 10.6 Å². The van der Waals surface area contributed by atoms with E-state index in [0.717, 1.165) is 37.7 Å². The Labute approximate surface area is 147 Å². The van der Waals surface area contributed by atoms with Crippen LogP contribution in [0, 0.1) is 0 Å². The Morgan fingerprint density at radius 3 is 2.44 bits per heavy atom. The first-order valence-electron chi connectivity index (χ1n) is 8.39. The molecule has 0 spiro atoms. The predicted octanol–water partition coefficient (Wildman–Crippen LogP) is 1.50. The summed E-state index contributed by atoms with van der Waals surface area (Å²) in [5.74, 6) is 0. The standard InChI is InChI=1S/C17H24N6O2/c1-17(2,22-9-11-25-12-10-22)13-18-16(24)21-14-3-5-15(6-4-14)23-19-7-8-20-23/h3-8H,9-13H2,1-2H3,(H2,18,21,24). The number of anilines is 1. The number of urea groups is 1. The van der Waals surface area contributed by atoms with Crippen LogP contribution in [0.25, 0.3) is 5.69 Å². The Kier molecular flexibility index (Phi) is 5.30. The molecule has 1 aliphatic rings. The van der Waals surface area contributed by atoms with Crippen LogP contribution in [0.5, 0.6) is 0 Å². The van der Waals surface area contributed by atoms with Crippen molar-refractivity contribution >= 4 is 11.7 Å². The fourth-order valence-electron chi connectivity index (χ4n) is 2.78. The molecule has 2 aromatic rings. The normalized spacial score (nSPS) is 15.8. The minimum Gasteiger partial charge on any atom is -0.379 e. The summed E-state index contributed by atoms with van der Waals surface area (Å²) in [6, 6.07) is 7.14. The van der Waals surface area contributed by atoms with Gasteiger partial charge in [0.1, 0.15) is 0 Å². The molecule has 0 bridgehead atoms. The molecule has 0 saturated carbocycles. The van der Waals surface area contributed by atoms with Crippen LogP contribution in [0.1, 0.15) is 13.8 Å². The molecule has 0 atom stereocenters. The van der Waals surface area contributed by atoms with Gasteiger partial charge in [-0.2, -0.15) is 15.0 Å². The first-order chi connectivity index (χ1) is 12.0. The van der Waals surface area contributed by atoms with Crippen LogP contribution in [0.15, 0.2) is 36.7 Å². The van der Waals surface area contributed by atoms with E-state index in [1.807, 2.05) is 24.3 Å². The summed E-state index contributed by atoms with van der Waals surface area (Å²) in [7, 11) is 0. The Morgan fingerprint density at radius 1 is 1.16 bits per heavy atom. The first-order valence-corrected chi connectivity index (χ1v) is 8.39. The Bertz CT molecular complexity index is 678. The van der Waals surface area contributed by atoms with Crippen molar-refractivity contribution in [2.45, 2.75) is 19.4 Å². The number of nitrogens with one attached hydrogen (secondary N) is 2. The van der Waals surface area contributed by atoms with Gasteiger partial charge in [0.2, 0.25) is 0 Å². The third-order valence-electron chi connectivity index (χ3n) is 4.32. The highest BCUT2D eigenvalue weighted by atomic mass is 16.5. The SMILES string of the molecule is CC(C)(CNC(=O)Nc1ccc(-n2nccn2)cc1)N1CCOCC1. The van der Waals surface area contributed by atoms with E-state index >= 15 is 0 Å². The third kappa shape index (κ3) is 4.55. The second-order valence-corrected chi connectivity index (χ2v) is 6.58. The van der Waals surface area contributed by atoms with Crippen LogP contribution in [0.3, 0.4) is 0 Å². The summed E-state index contributed by atoms with van der Waals surface area (Å²) < 4.78 is 5.38. The van der Waals surface area contributed by atoms with Gasteiger partial charge in [-0.3, -0.25) is 4.90 Å². The molecule has 2 heterocycles. The number of morpholine rings is 1. The van der Waals surface area contributed by atoms with E-state index in [-0.39, 0.29) is 11.6 Å². The number of carbonyl (C=O) groups is 1. The number of benzene rings is 1. The lowest BCUT2D eigenvalue weighted by Gasteiger charge is -2.40. The molecule has 0 unspecified atom stereocenters. The number of ether oxygens (including phenoxy) is 1. The highest BCUT2D eigenvalue weighted by Gasteiger charge is 2.28. The van der Waals surface area contributed by atoms with Gasteiger partial charge in [0.05, 0.1) is 31.3 Å². The van der Waals surface area contributed by atoms with E-state index in [9.17, 15) is 4.79 Å². The second kappa shape index (κ2) is 7.62.